The molecule has 0 spiro atoms. The van der Waals surface area contributed by atoms with Crippen LogP contribution >= 0.6 is 0 Å². The second-order valence-electron chi connectivity index (χ2n) is 5.55. The molecule has 0 radical (unpaired) electrons. The minimum Gasteiger partial charge on any atom is -0.366 e. The number of aryl methyl sites for hydroxylation is 1. The fourth-order valence-electron chi connectivity index (χ4n) is 2.80. The van der Waals surface area contributed by atoms with Crippen molar-refractivity contribution in [3.63, 3.8) is 0 Å². The zero-order valence-electron chi connectivity index (χ0n) is 11.8. The molecule has 2 aliphatic heterocycles. The predicted molar refractivity (Wildman–Crippen MR) is 77.9 cm³/mol. The van der Waals surface area contributed by atoms with Crippen LogP contribution in [-0.2, 0) is 0 Å². The van der Waals surface area contributed by atoms with Gasteiger partial charge in [-0.15, -0.1) is 0 Å². The quantitative estimate of drug-likeness (QED) is 0.784. The third-order valence-electron chi connectivity index (χ3n) is 4.14. The zero-order valence-corrected chi connectivity index (χ0v) is 11.8. The maximum atomic E-state index is 11.3. The first kappa shape index (κ1) is 13.3. The van der Waals surface area contributed by atoms with Gasteiger partial charge in [-0.3, -0.25) is 9.69 Å². The van der Waals surface area contributed by atoms with E-state index in [1.807, 2.05) is 6.92 Å². The molecule has 1 amide bonds. The molecule has 108 valence electrons. The van der Waals surface area contributed by atoms with Crippen LogP contribution in [0.25, 0.3) is 0 Å². The Labute approximate surface area is 118 Å². The maximum Gasteiger partial charge on any atom is 0.248 e. The Morgan fingerprint density at radius 1 is 1.30 bits per heavy atom. The van der Waals surface area contributed by atoms with Crippen LogP contribution in [0.4, 0.5) is 5.82 Å². The van der Waals surface area contributed by atoms with E-state index in [4.69, 9.17) is 5.73 Å². The number of nitrogens with two attached hydrogens (primary N) is 1. The van der Waals surface area contributed by atoms with Crippen molar-refractivity contribution >= 4 is 11.7 Å². The van der Waals surface area contributed by atoms with Gasteiger partial charge in [0, 0.05) is 56.6 Å². The van der Waals surface area contributed by atoms with Crippen molar-refractivity contribution in [3.8, 4) is 0 Å². The van der Waals surface area contributed by atoms with Gasteiger partial charge in [-0.1, -0.05) is 0 Å². The monoisotopic (exact) mass is 275 g/mol. The first-order chi connectivity index (χ1) is 9.63. The highest BCUT2D eigenvalue weighted by Crippen LogP contribution is 2.18. The zero-order chi connectivity index (χ0) is 14.1. The number of nitrogens with zero attached hydrogens (tertiary/aromatic N) is 3. The summed E-state index contributed by atoms with van der Waals surface area (Å²) in [5.74, 6) is 0.473. The summed E-state index contributed by atoms with van der Waals surface area (Å²) < 4.78 is 0. The molecule has 20 heavy (non-hydrogen) atoms. The first-order valence-electron chi connectivity index (χ1n) is 7.12. The van der Waals surface area contributed by atoms with Crippen LogP contribution < -0.4 is 16.0 Å². The summed E-state index contributed by atoms with van der Waals surface area (Å²) >= 11 is 0. The van der Waals surface area contributed by atoms with Crippen LogP contribution in [0.15, 0.2) is 12.1 Å². The van der Waals surface area contributed by atoms with Crippen LogP contribution in [-0.4, -0.2) is 61.1 Å². The van der Waals surface area contributed by atoms with Gasteiger partial charge in [0.2, 0.25) is 5.91 Å². The lowest BCUT2D eigenvalue weighted by Gasteiger charge is -2.43. The molecule has 0 aromatic carbocycles. The Kier molecular flexibility index (Phi) is 3.58. The molecular weight excluding hydrogens is 254 g/mol. The Bertz CT molecular complexity index is 506. The molecule has 1 aromatic rings. The van der Waals surface area contributed by atoms with E-state index in [1.165, 1.54) is 0 Å². The van der Waals surface area contributed by atoms with Crippen molar-refractivity contribution in [1.29, 1.82) is 0 Å². The van der Waals surface area contributed by atoms with E-state index in [-0.39, 0.29) is 0 Å². The van der Waals surface area contributed by atoms with Gasteiger partial charge >= 0.3 is 0 Å². The van der Waals surface area contributed by atoms with E-state index in [9.17, 15) is 4.79 Å². The van der Waals surface area contributed by atoms with Gasteiger partial charge in [0.05, 0.1) is 0 Å². The number of nitrogens with one attached hydrogen (secondary N) is 1. The maximum absolute atomic E-state index is 11.3. The molecule has 3 heterocycles. The summed E-state index contributed by atoms with van der Waals surface area (Å²) in [5, 5.41) is 3.31. The number of rotatable bonds is 3. The van der Waals surface area contributed by atoms with E-state index in [0.29, 0.717) is 11.6 Å². The lowest BCUT2D eigenvalue weighted by Crippen LogP contribution is -2.61. The molecule has 3 rings (SSSR count). The predicted octanol–water partition coefficient (Wildman–Crippen LogP) is -0.417. The fourth-order valence-corrected chi connectivity index (χ4v) is 2.80. The highest BCUT2D eigenvalue weighted by molar-refractivity contribution is 5.93. The third kappa shape index (κ3) is 2.62. The minimum absolute atomic E-state index is 0.393. The summed E-state index contributed by atoms with van der Waals surface area (Å²) in [6.45, 7) is 8.10. The number of hydrogen-bond acceptors (Lipinski definition) is 5. The van der Waals surface area contributed by atoms with E-state index in [0.717, 1.165) is 50.8 Å². The van der Waals surface area contributed by atoms with Crippen LogP contribution in [0.5, 0.6) is 0 Å². The first-order valence-corrected chi connectivity index (χ1v) is 7.12. The number of carbonyl (C=O) groups is 1. The smallest absolute Gasteiger partial charge is 0.248 e. The highest BCUT2D eigenvalue weighted by Gasteiger charge is 2.28. The molecule has 0 unspecified atom stereocenters. The molecule has 2 saturated heterocycles. The molecule has 0 saturated carbocycles. The number of pyridine rings is 1. The fraction of sp³-hybridized carbons (Fsp3) is 0.571. The Balaban J connectivity index is 1.69. The van der Waals surface area contributed by atoms with E-state index >= 15 is 0 Å². The molecule has 6 nitrogen and oxygen atoms in total. The van der Waals surface area contributed by atoms with Gasteiger partial charge in [0.1, 0.15) is 5.82 Å². The number of anilines is 1. The number of hydrogen-bond donors (Lipinski definition) is 2. The molecule has 2 aliphatic rings. The van der Waals surface area contributed by atoms with E-state index in [1.54, 1.807) is 12.1 Å². The topological polar surface area (TPSA) is 74.5 Å². The summed E-state index contributed by atoms with van der Waals surface area (Å²) in [6.07, 6.45) is 0. The molecular formula is C14H21N5O. The lowest BCUT2D eigenvalue weighted by molar-refractivity contribution is 0.1000. The van der Waals surface area contributed by atoms with Crippen molar-refractivity contribution in [2.24, 2.45) is 5.73 Å². The third-order valence-corrected chi connectivity index (χ3v) is 4.14. The Morgan fingerprint density at radius 3 is 2.55 bits per heavy atom. The van der Waals surface area contributed by atoms with Gasteiger partial charge in [-0.05, 0) is 19.1 Å². The molecule has 3 N–H and O–H groups in total. The van der Waals surface area contributed by atoms with Gasteiger partial charge in [0.15, 0.2) is 0 Å². The van der Waals surface area contributed by atoms with Gasteiger partial charge in [-0.25, -0.2) is 4.98 Å². The van der Waals surface area contributed by atoms with Crippen molar-refractivity contribution in [2.45, 2.75) is 13.0 Å². The van der Waals surface area contributed by atoms with Gasteiger partial charge < -0.3 is 16.0 Å². The Morgan fingerprint density at radius 2 is 2.00 bits per heavy atom. The number of amides is 1. The molecule has 0 aliphatic carbocycles. The normalized spacial score (nSPS) is 20.8. The largest absolute Gasteiger partial charge is 0.366 e. The molecule has 2 fully saturated rings. The van der Waals surface area contributed by atoms with E-state index < -0.39 is 5.91 Å². The molecule has 1 aromatic heterocycles. The molecule has 0 atom stereocenters. The lowest BCUT2D eigenvalue weighted by atomic mass is 10.1. The second-order valence-corrected chi connectivity index (χ2v) is 5.55. The summed E-state index contributed by atoms with van der Waals surface area (Å²) in [6, 6.07) is 4.24. The van der Waals surface area contributed by atoms with Crippen LogP contribution in [0.1, 0.15) is 16.1 Å². The van der Waals surface area contributed by atoms with Crippen LogP contribution in [0.2, 0.25) is 0 Å². The van der Waals surface area contributed by atoms with Crippen molar-refractivity contribution in [1.82, 2.24) is 15.2 Å². The SMILES string of the molecule is Cc1cc(C(N)=O)cc(N2CCN(C3CNC3)CC2)n1. The number of aromatic nitrogens is 1. The minimum atomic E-state index is -0.393. The van der Waals surface area contributed by atoms with Crippen LogP contribution in [0, 0.1) is 6.92 Å². The summed E-state index contributed by atoms with van der Waals surface area (Å²) in [7, 11) is 0. The number of piperazine rings is 1. The summed E-state index contributed by atoms with van der Waals surface area (Å²) in [4.78, 5) is 20.6. The average Bonchev–Trinajstić information content (AvgIpc) is 2.37. The van der Waals surface area contributed by atoms with Crippen LogP contribution in [0.3, 0.4) is 0 Å². The van der Waals surface area contributed by atoms with Crippen molar-refractivity contribution in [3.05, 3.63) is 23.4 Å². The van der Waals surface area contributed by atoms with E-state index in [2.05, 4.69) is 20.1 Å². The Hall–Kier alpha value is -1.66. The van der Waals surface area contributed by atoms with Gasteiger partial charge in [-0.2, -0.15) is 0 Å². The summed E-state index contributed by atoms with van der Waals surface area (Å²) in [5.41, 5.74) is 6.74. The highest BCUT2D eigenvalue weighted by atomic mass is 16.1. The molecule has 6 heteroatoms. The number of carbonyl (C=O) groups excluding carboxylic acids is 1. The van der Waals surface area contributed by atoms with Crippen molar-refractivity contribution < 1.29 is 4.79 Å². The van der Waals surface area contributed by atoms with Crippen molar-refractivity contribution in [2.75, 3.05) is 44.2 Å². The average molecular weight is 275 g/mol. The number of primary amides is 1. The van der Waals surface area contributed by atoms with Gasteiger partial charge in [0.25, 0.3) is 0 Å². The molecule has 0 bridgehead atoms. The second kappa shape index (κ2) is 5.38. The standard InChI is InChI=1S/C14H21N5O/c1-10-6-11(14(15)20)7-13(17-10)19-4-2-18(3-5-19)12-8-16-9-12/h6-7,12,16H,2-5,8-9H2,1H3,(H2,15,20).